The summed E-state index contributed by atoms with van der Waals surface area (Å²) < 4.78 is 14.5. The van der Waals surface area contributed by atoms with Crippen molar-refractivity contribution in [2.45, 2.75) is 32.6 Å². The number of hydrogen-bond donors (Lipinski definition) is 2. The molecule has 2 N–H and O–H groups in total. The number of piperidine rings is 1. The van der Waals surface area contributed by atoms with E-state index in [0.717, 1.165) is 37.9 Å². The van der Waals surface area contributed by atoms with E-state index < -0.39 is 5.82 Å². The van der Waals surface area contributed by atoms with Gasteiger partial charge in [0, 0.05) is 25.3 Å². The van der Waals surface area contributed by atoms with Gasteiger partial charge < -0.3 is 10.0 Å². The summed E-state index contributed by atoms with van der Waals surface area (Å²) in [5.41, 5.74) is 2.44. The average Bonchev–Trinajstić information content (AvgIpc) is 2.84. The maximum atomic E-state index is 14.5. The maximum Gasteiger partial charge on any atom is 0.260 e. The van der Waals surface area contributed by atoms with Gasteiger partial charge in [-0.05, 0) is 42.4 Å². The van der Waals surface area contributed by atoms with Crippen LogP contribution in [0.5, 0.6) is 0 Å². The number of hydrogen-bond acceptors (Lipinski definition) is 4. The number of aliphatic hydroxyl groups excluding tert-OH is 1. The SMILES string of the molecule is [C-]#[N+]c1ccc(-c2nc(N3CCC(CC)CC3)[nH]c(=O)c2-c2ccc(CCO)cc2)cc1F. The van der Waals surface area contributed by atoms with Gasteiger partial charge >= 0.3 is 0 Å². The molecule has 1 fully saturated rings. The number of halogens is 1. The molecule has 170 valence electrons. The van der Waals surface area contributed by atoms with Crippen LogP contribution in [0.1, 0.15) is 31.7 Å². The van der Waals surface area contributed by atoms with Gasteiger partial charge in [0.2, 0.25) is 11.6 Å². The van der Waals surface area contributed by atoms with Gasteiger partial charge in [-0.25, -0.2) is 14.2 Å². The number of aromatic amines is 1. The molecule has 0 aliphatic carbocycles. The summed E-state index contributed by atoms with van der Waals surface area (Å²) in [5.74, 6) is 0.526. The lowest BCUT2D eigenvalue weighted by molar-refractivity contribution is 0.299. The minimum Gasteiger partial charge on any atom is -0.396 e. The minimum atomic E-state index is -0.640. The second-order valence-electron chi connectivity index (χ2n) is 8.40. The van der Waals surface area contributed by atoms with Gasteiger partial charge in [-0.15, -0.1) is 0 Å². The van der Waals surface area contributed by atoms with E-state index in [9.17, 15) is 14.3 Å². The Morgan fingerprint density at radius 3 is 2.48 bits per heavy atom. The van der Waals surface area contributed by atoms with E-state index >= 15 is 0 Å². The number of aromatic nitrogens is 2. The molecule has 2 aromatic carbocycles. The van der Waals surface area contributed by atoms with Crippen molar-refractivity contribution in [1.29, 1.82) is 0 Å². The standard InChI is InChI=1S/C26H27FN4O2/c1-3-17-10-13-31(14-11-17)26-29-24(20-8-9-22(28-2)21(27)16-20)23(25(33)30-26)19-6-4-18(5-7-19)12-15-32/h4-9,16-17,32H,3,10-15H2,1H3,(H,29,30,33). The lowest BCUT2D eigenvalue weighted by Crippen LogP contribution is -2.36. The highest BCUT2D eigenvalue weighted by atomic mass is 19.1. The predicted octanol–water partition coefficient (Wildman–Crippen LogP) is 4.95. The monoisotopic (exact) mass is 446 g/mol. The van der Waals surface area contributed by atoms with Crippen molar-refractivity contribution in [1.82, 2.24) is 9.97 Å². The highest BCUT2D eigenvalue weighted by Crippen LogP contribution is 2.32. The van der Waals surface area contributed by atoms with E-state index in [1.165, 1.54) is 12.1 Å². The molecule has 0 spiro atoms. The number of nitrogens with zero attached hydrogens (tertiary/aromatic N) is 3. The summed E-state index contributed by atoms with van der Waals surface area (Å²) >= 11 is 0. The van der Waals surface area contributed by atoms with E-state index in [2.05, 4.69) is 21.7 Å². The molecule has 1 aliphatic rings. The minimum absolute atomic E-state index is 0.0445. The molecular formula is C26H27FN4O2. The normalized spacial score (nSPS) is 14.3. The van der Waals surface area contributed by atoms with Gasteiger partial charge in [-0.1, -0.05) is 49.7 Å². The van der Waals surface area contributed by atoms with Crippen molar-refractivity contribution in [2.75, 3.05) is 24.6 Å². The zero-order chi connectivity index (χ0) is 23.4. The second-order valence-corrected chi connectivity index (χ2v) is 8.40. The molecule has 4 rings (SSSR count). The fourth-order valence-electron chi connectivity index (χ4n) is 4.35. The van der Waals surface area contributed by atoms with E-state index in [1.807, 2.05) is 24.3 Å². The Morgan fingerprint density at radius 2 is 1.88 bits per heavy atom. The molecule has 0 unspecified atom stereocenters. The lowest BCUT2D eigenvalue weighted by atomic mass is 9.94. The van der Waals surface area contributed by atoms with E-state index in [1.54, 1.807) is 6.07 Å². The molecule has 7 heteroatoms. The topological polar surface area (TPSA) is 73.6 Å². The third-order valence-corrected chi connectivity index (χ3v) is 6.38. The van der Waals surface area contributed by atoms with Gasteiger partial charge in [0.15, 0.2) is 0 Å². The quantitative estimate of drug-likeness (QED) is 0.525. The number of aliphatic hydroxyl groups is 1. The Morgan fingerprint density at radius 1 is 1.18 bits per heavy atom. The van der Waals surface area contributed by atoms with Crippen LogP contribution >= 0.6 is 0 Å². The molecule has 1 saturated heterocycles. The van der Waals surface area contributed by atoms with Crippen LogP contribution in [-0.2, 0) is 6.42 Å². The number of anilines is 1. The van der Waals surface area contributed by atoms with Gasteiger partial charge in [0.05, 0.1) is 17.8 Å². The molecule has 0 radical (unpaired) electrons. The van der Waals surface area contributed by atoms with Gasteiger partial charge in [-0.3, -0.25) is 9.78 Å². The summed E-state index contributed by atoms with van der Waals surface area (Å²) in [4.78, 5) is 26.3. The van der Waals surface area contributed by atoms with Crippen LogP contribution in [0.3, 0.4) is 0 Å². The Bertz CT molecular complexity index is 1220. The summed E-state index contributed by atoms with van der Waals surface area (Å²) in [6.07, 6.45) is 3.74. The van der Waals surface area contributed by atoms with E-state index in [-0.39, 0.29) is 17.9 Å². The molecule has 0 amide bonds. The van der Waals surface area contributed by atoms with Crippen molar-refractivity contribution in [2.24, 2.45) is 5.92 Å². The summed E-state index contributed by atoms with van der Waals surface area (Å²) in [6, 6.07) is 11.7. The van der Waals surface area contributed by atoms with Crippen molar-refractivity contribution < 1.29 is 9.50 Å². The molecule has 0 bridgehead atoms. The molecule has 0 saturated carbocycles. The largest absolute Gasteiger partial charge is 0.396 e. The highest BCUT2D eigenvalue weighted by Gasteiger charge is 2.23. The molecular weight excluding hydrogens is 419 g/mol. The van der Waals surface area contributed by atoms with Crippen molar-refractivity contribution in [3.63, 3.8) is 0 Å². The first kappa shape index (κ1) is 22.7. The number of H-pyrrole nitrogens is 1. The fraction of sp³-hybridized carbons (Fsp3) is 0.346. The van der Waals surface area contributed by atoms with Crippen LogP contribution in [0.2, 0.25) is 0 Å². The fourth-order valence-corrected chi connectivity index (χ4v) is 4.35. The third-order valence-electron chi connectivity index (χ3n) is 6.38. The second kappa shape index (κ2) is 9.97. The predicted molar refractivity (Wildman–Crippen MR) is 128 cm³/mol. The molecule has 1 aliphatic heterocycles. The molecule has 33 heavy (non-hydrogen) atoms. The molecule has 3 aromatic rings. The molecule has 1 aromatic heterocycles. The van der Waals surface area contributed by atoms with Crippen molar-refractivity contribution in [3.05, 3.63) is 75.6 Å². The van der Waals surface area contributed by atoms with Gasteiger partial charge in [0.25, 0.3) is 5.56 Å². The smallest absolute Gasteiger partial charge is 0.260 e. The van der Waals surface area contributed by atoms with Gasteiger partial charge in [-0.2, -0.15) is 0 Å². The first-order valence-corrected chi connectivity index (χ1v) is 11.3. The Kier molecular flexibility index (Phi) is 6.85. The molecule has 2 heterocycles. The van der Waals surface area contributed by atoms with Crippen molar-refractivity contribution in [3.8, 4) is 22.4 Å². The Balaban J connectivity index is 1.82. The zero-order valence-electron chi connectivity index (χ0n) is 18.6. The first-order chi connectivity index (χ1) is 16.0. The van der Waals surface area contributed by atoms with Crippen LogP contribution in [0, 0.1) is 18.3 Å². The Hall–Kier alpha value is -3.50. The summed E-state index contributed by atoms with van der Waals surface area (Å²) in [7, 11) is 0. The maximum absolute atomic E-state index is 14.5. The highest BCUT2D eigenvalue weighted by molar-refractivity contribution is 5.81. The lowest BCUT2D eigenvalue weighted by Gasteiger charge is -2.32. The zero-order valence-corrected chi connectivity index (χ0v) is 18.6. The van der Waals surface area contributed by atoms with Gasteiger partial charge in [0.1, 0.15) is 5.82 Å². The number of benzene rings is 2. The van der Waals surface area contributed by atoms with E-state index in [4.69, 9.17) is 11.6 Å². The first-order valence-electron chi connectivity index (χ1n) is 11.3. The summed E-state index contributed by atoms with van der Waals surface area (Å²) in [6.45, 7) is 11.0. The van der Waals surface area contributed by atoms with Crippen LogP contribution < -0.4 is 10.5 Å². The number of rotatable bonds is 6. The van der Waals surface area contributed by atoms with Crippen LogP contribution in [0.25, 0.3) is 27.2 Å². The molecule has 6 nitrogen and oxygen atoms in total. The van der Waals surface area contributed by atoms with Crippen LogP contribution in [0.15, 0.2) is 47.3 Å². The summed E-state index contributed by atoms with van der Waals surface area (Å²) in [5, 5.41) is 9.17. The van der Waals surface area contributed by atoms with E-state index in [0.29, 0.717) is 40.7 Å². The molecule has 0 atom stereocenters. The number of nitrogens with one attached hydrogen (secondary N) is 1. The van der Waals surface area contributed by atoms with Crippen LogP contribution in [-0.4, -0.2) is 34.8 Å². The van der Waals surface area contributed by atoms with Crippen LogP contribution in [0.4, 0.5) is 16.0 Å². The Labute approximate surface area is 192 Å². The third kappa shape index (κ3) is 4.81. The van der Waals surface area contributed by atoms with Crippen molar-refractivity contribution >= 4 is 11.6 Å². The average molecular weight is 447 g/mol.